The fraction of sp³-hybridized carbons (Fsp3) is 0.833. The SMILES string of the molecule is CC(C)CC(C)(C)C(=O)NSCCCC(=O)NCCOCCOCC=O. The molecule has 0 saturated carbocycles. The maximum atomic E-state index is 12.1. The largest absolute Gasteiger partial charge is 0.377 e. The van der Waals surface area contributed by atoms with Crippen LogP contribution >= 0.6 is 11.9 Å². The van der Waals surface area contributed by atoms with Gasteiger partial charge < -0.3 is 19.6 Å². The van der Waals surface area contributed by atoms with Crippen LogP contribution < -0.4 is 10.0 Å². The van der Waals surface area contributed by atoms with Crippen molar-refractivity contribution in [1.29, 1.82) is 0 Å². The summed E-state index contributed by atoms with van der Waals surface area (Å²) in [6, 6.07) is 0. The summed E-state index contributed by atoms with van der Waals surface area (Å²) in [5.41, 5.74) is -0.378. The van der Waals surface area contributed by atoms with E-state index in [0.717, 1.165) is 6.42 Å². The van der Waals surface area contributed by atoms with Crippen LogP contribution in [0, 0.1) is 11.3 Å². The minimum atomic E-state index is -0.378. The fourth-order valence-corrected chi connectivity index (χ4v) is 3.17. The molecule has 2 amide bonds. The zero-order valence-corrected chi connectivity index (χ0v) is 17.3. The third-order valence-electron chi connectivity index (χ3n) is 3.47. The molecule has 0 heterocycles. The predicted molar refractivity (Wildman–Crippen MR) is 104 cm³/mol. The number of amides is 2. The van der Waals surface area contributed by atoms with Gasteiger partial charge in [-0.3, -0.25) is 14.3 Å². The Balaban J connectivity index is 3.56. The quantitative estimate of drug-likeness (QED) is 0.238. The minimum Gasteiger partial charge on any atom is -0.377 e. The molecule has 0 aromatic heterocycles. The molecule has 26 heavy (non-hydrogen) atoms. The van der Waals surface area contributed by atoms with Crippen LogP contribution in [0.15, 0.2) is 0 Å². The van der Waals surface area contributed by atoms with Gasteiger partial charge in [-0.15, -0.1) is 0 Å². The number of ether oxygens (including phenoxy) is 2. The third-order valence-corrected chi connectivity index (χ3v) is 4.30. The molecule has 0 spiro atoms. The van der Waals surface area contributed by atoms with E-state index in [9.17, 15) is 14.4 Å². The Hall–Kier alpha value is -1.12. The van der Waals surface area contributed by atoms with Gasteiger partial charge in [0.2, 0.25) is 11.8 Å². The average Bonchev–Trinajstić information content (AvgIpc) is 2.55. The maximum absolute atomic E-state index is 12.1. The number of aldehydes is 1. The summed E-state index contributed by atoms with van der Waals surface area (Å²) >= 11 is 1.36. The summed E-state index contributed by atoms with van der Waals surface area (Å²) in [6.07, 6.45) is 2.64. The molecule has 0 unspecified atom stereocenters. The van der Waals surface area contributed by atoms with E-state index in [-0.39, 0.29) is 23.8 Å². The minimum absolute atomic E-state index is 0.0298. The van der Waals surface area contributed by atoms with Gasteiger partial charge >= 0.3 is 0 Å². The highest BCUT2D eigenvalue weighted by Gasteiger charge is 2.28. The van der Waals surface area contributed by atoms with Crippen molar-refractivity contribution in [2.24, 2.45) is 11.3 Å². The first-order chi connectivity index (χ1) is 12.3. The predicted octanol–water partition coefficient (Wildman–Crippen LogP) is 1.95. The van der Waals surface area contributed by atoms with Gasteiger partial charge in [-0.1, -0.05) is 39.6 Å². The van der Waals surface area contributed by atoms with Crippen molar-refractivity contribution in [3.05, 3.63) is 0 Å². The molecule has 2 N–H and O–H groups in total. The Bertz CT molecular complexity index is 416. The number of hydrogen-bond donors (Lipinski definition) is 2. The molecule has 0 rings (SSSR count). The van der Waals surface area contributed by atoms with E-state index in [4.69, 9.17) is 9.47 Å². The van der Waals surface area contributed by atoms with E-state index in [1.165, 1.54) is 11.9 Å². The Morgan fingerprint density at radius 2 is 1.85 bits per heavy atom. The van der Waals surface area contributed by atoms with E-state index < -0.39 is 0 Å². The lowest BCUT2D eigenvalue weighted by Crippen LogP contribution is -2.34. The molecule has 0 aromatic rings. The van der Waals surface area contributed by atoms with Gasteiger partial charge in [0.25, 0.3) is 0 Å². The van der Waals surface area contributed by atoms with Crippen molar-refractivity contribution in [3.8, 4) is 0 Å². The van der Waals surface area contributed by atoms with Crippen molar-refractivity contribution in [3.63, 3.8) is 0 Å². The number of hydrogen-bond acceptors (Lipinski definition) is 6. The molecule has 0 saturated heterocycles. The van der Waals surface area contributed by atoms with Crippen molar-refractivity contribution in [2.45, 2.75) is 47.0 Å². The lowest BCUT2D eigenvalue weighted by molar-refractivity contribution is -0.128. The van der Waals surface area contributed by atoms with Crippen LogP contribution in [0.3, 0.4) is 0 Å². The van der Waals surface area contributed by atoms with E-state index in [1.54, 1.807) is 0 Å². The van der Waals surface area contributed by atoms with Gasteiger partial charge in [-0.2, -0.15) is 0 Å². The molecular weight excluding hydrogens is 356 g/mol. The first kappa shape index (κ1) is 24.9. The first-order valence-electron chi connectivity index (χ1n) is 9.07. The highest BCUT2D eigenvalue weighted by molar-refractivity contribution is 7.97. The lowest BCUT2D eigenvalue weighted by Gasteiger charge is -2.25. The Labute approximate surface area is 161 Å². The second-order valence-electron chi connectivity index (χ2n) is 7.07. The summed E-state index contributed by atoms with van der Waals surface area (Å²) in [6.45, 7) is 9.80. The number of rotatable bonds is 16. The number of carbonyl (C=O) groups excluding carboxylic acids is 3. The molecule has 0 aromatic carbocycles. The van der Waals surface area contributed by atoms with Crippen LogP contribution in [0.2, 0.25) is 0 Å². The highest BCUT2D eigenvalue weighted by Crippen LogP contribution is 2.26. The maximum Gasteiger partial charge on any atom is 0.235 e. The zero-order valence-electron chi connectivity index (χ0n) is 16.5. The van der Waals surface area contributed by atoms with E-state index >= 15 is 0 Å². The summed E-state index contributed by atoms with van der Waals surface area (Å²) in [4.78, 5) is 33.8. The van der Waals surface area contributed by atoms with Crippen molar-refractivity contribution >= 4 is 30.0 Å². The summed E-state index contributed by atoms with van der Waals surface area (Å²) in [7, 11) is 0. The normalized spacial score (nSPS) is 11.4. The fourth-order valence-electron chi connectivity index (χ4n) is 2.38. The molecule has 0 aliphatic rings. The molecule has 0 aliphatic carbocycles. The summed E-state index contributed by atoms with van der Waals surface area (Å²) in [5, 5.41) is 2.77. The van der Waals surface area contributed by atoms with Gasteiger partial charge in [0, 0.05) is 24.1 Å². The second-order valence-corrected chi connectivity index (χ2v) is 7.97. The molecule has 0 radical (unpaired) electrons. The monoisotopic (exact) mass is 390 g/mol. The smallest absolute Gasteiger partial charge is 0.235 e. The van der Waals surface area contributed by atoms with Gasteiger partial charge in [0.15, 0.2) is 0 Å². The van der Waals surface area contributed by atoms with E-state index in [1.807, 2.05) is 13.8 Å². The molecule has 0 atom stereocenters. The van der Waals surface area contributed by atoms with Crippen LogP contribution in [0.5, 0.6) is 0 Å². The van der Waals surface area contributed by atoms with Crippen molar-refractivity contribution < 1.29 is 23.9 Å². The van der Waals surface area contributed by atoms with E-state index in [2.05, 4.69) is 23.9 Å². The standard InChI is InChI=1S/C18H34N2O5S/c1-15(2)14-18(3,4)17(23)20-26-13-5-6-16(22)19-7-9-24-11-12-25-10-8-21/h8,15H,5-7,9-14H2,1-4H3,(H,19,22)(H,20,23). The Morgan fingerprint density at radius 1 is 1.15 bits per heavy atom. The Kier molecular flexibility index (Phi) is 14.3. The van der Waals surface area contributed by atoms with Crippen LogP contribution in [0.4, 0.5) is 0 Å². The van der Waals surface area contributed by atoms with Crippen LogP contribution in [0.1, 0.15) is 47.0 Å². The van der Waals surface area contributed by atoms with Crippen molar-refractivity contribution in [2.75, 3.05) is 38.7 Å². The average molecular weight is 391 g/mol. The lowest BCUT2D eigenvalue weighted by atomic mass is 9.83. The van der Waals surface area contributed by atoms with Gasteiger partial charge in [0.05, 0.1) is 19.8 Å². The topological polar surface area (TPSA) is 93.7 Å². The first-order valence-corrected chi connectivity index (χ1v) is 10.1. The molecule has 152 valence electrons. The number of nitrogens with one attached hydrogen (secondary N) is 2. The zero-order chi connectivity index (χ0) is 19.8. The molecule has 0 aliphatic heterocycles. The van der Waals surface area contributed by atoms with Crippen LogP contribution in [-0.2, 0) is 23.9 Å². The second kappa shape index (κ2) is 15.0. The van der Waals surface area contributed by atoms with Crippen molar-refractivity contribution in [1.82, 2.24) is 10.0 Å². The van der Waals surface area contributed by atoms with Crippen LogP contribution in [0.25, 0.3) is 0 Å². The van der Waals surface area contributed by atoms with Gasteiger partial charge in [-0.25, -0.2) is 0 Å². The highest BCUT2D eigenvalue weighted by atomic mass is 32.2. The molecular formula is C18H34N2O5S. The molecule has 8 heteroatoms. The van der Waals surface area contributed by atoms with Crippen LogP contribution in [-0.4, -0.2) is 56.8 Å². The van der Waals surface area contributed by atoms with Gasteiger partial charge in [0.1, 0.15) is 12.9 Å². The third kappa shape index (κ3) is 14.1. The van der Waals surface area contributed by atoms with E-state index in [0.29, 0.717) is 57.2 Å². The summed E-state index contributed by atoms with van der Waals surface area (Å²) in [5.74, 6) is 1.17. The number of carbonyl (C=O) groups is 3. The summed E-state index contributed by atoms with van der Waals surface area (Å²) < 4.78 is 13.1. The molecule has 7 nitrogen and oxygen atoms in total. The Morgan fingerprint density at radius 3 is 2.50 bits per heavy atom. The van der Waals surface area contributed by atoms with Gasteiger partial charge in [-0.05, 0) is 18.8 Å². The molecule has 0 fully saturated rings. The molecule has 0 bridgehead atoms.